The van der Waals surface area contributed by atoms with Crippen molar-refractivity contribution in [2.75, 3.05) is 26.4 Å². The molecule has 0 aromatic carbocycles. The Morgan fingerprint density at radius 3 is 1.65 bits per heavy atom. The molecule has 0 aromatic heterocycles. The zero-order chi connectivity index (χ0) is 17.2. The minimum Gasteiger partial charge on any atom is -0.396 e. The van der Waals surface area contributed by atoms with Gasteiger partial charge in [-0.1, -0.05) is 64.7 Å². The summed E-state index contributed by atoms with van der Waals surface area (Å²) in [5, 5.41) is 18.5. The molecule has 0 spiro atoms. The second-order valence-electron chi connectivity index (χ2n) is 6.70. The van der Waals surface area contributed by atoms with Crippen molar-refractivity contribution in [3.05, 3.63) is 0 Å². The van der Waals surface area contributed by atoms with Gasteiger partial charge in [0.15, 0.2) is 0 Å². The predicted molar refractivity (Wildman–Crippen MR) is 97.6 cm³/mol. The second-order valence-corrected chi connectivity index (χ2v) is 6.70. The normalized spacial score (nSPS) is 12.0. The van der Waals surface area contributed by atoms with Crippen LogP contribution in [0.1, 0.15) is 90.4 Å². The second kappa shape index (κ2) is 16.7. The van der Waals surface area contributed by atoms with Crippen LogP contribution in [-0.4, -0.2) is 42.2 Å². The summed E-state index contributed by atoms with van der Waals surface area (Å²) in [6.07, 6.45) is 14.9. The van der Waals surface area contributed by atoms with Gasteiger partial charge in [0, 0.05) is 19.8 Å². The number of ether oxygens (including phenoxy) is 1. The van der Waals surface area contributed by atoms with Crippen LogP contribution >= 0.6 is 0 Å². The lowest BCUT2D eigenvalue weighted by Gasteiger charge is -2.33. The molecule has 0 atom stereocenters. The first-order chi connectivity index (χ1) is 11.2. The fourth-order valence-corrected chi connectivity index (χ4v) is 3.14. The van der Waals surface area contributed by atoms with Crippen LogP contribution in [0.3, 0.4) is 0 Å². The van der Waals surface area contributed by atoms with E-state index in [2.05, 4.69) is 6.92 Å². The smallest absolute Gasteiger partial charge is 0.0738 e. The first-order valence-corrected chi connectivity index (χ1v) is 9.80. The van der Waals surface area contributed by atoms with Gasteiger partial charge >= 0.3 is 0 Å². The Hall–Kier alpha value is -0.160. The van der Waals surface area contributed by atoms with Gasteiger partial charge in [0.05, 0.1) is 5.60 Å². The van der Waals surface area contributed by atoms with Crippen molar-refractivity contribution in [3.8, 4) is 0 Å². The van der Waals surface area contributed by atoms with E-state index in [1.54, 1.807) is 0 Å². The van der Waals surface area contributed by atoms with Gasteiger partial charge in [-0.3, -0.25) is 0 Å². The lowest BCUT2D eigenvalue weighted by molar-refractivity contribution is -0.0781. The summed E-state index contributed by atoms with van der Waals surface area (Å²) in [4.78, 5) is 0. The minimum atomic E-state index is -0.433. The van der Waals surface area contributed by atoms with E-state index in [1.807, 2.05) is 0 Å². The largest absolute Gasteiger partial charge is 0.396 e. The van der Waals surface area contributed by atoms with Gasteiger partial charge in [-0.05, 0) is 32.2 Å². The van der Waals surface area contributed by atoms with E-state index in [4.69, 9.17) is 10.5 Å². The van der Waals surface area contributed by atoms with Crippen LogP contribution in [-0.2, 0) is 4.74 Å². The molecule has 0 aromatic rings. The Morgan fingerprint density at radius 2 is 1.22 bits per heavy atom. The molecule has 0 heterocycles. The first-order valence-electron chi connectivity index (χ1n) is 9.80. The summed E-state index contributed by atoms with van der Waals surface area (Å²) in [5.41, 5.74) is 5.23. The Labute approximate surface area is 143 Å². The molecule has 0 aliphatic carbocycles. The van der Waals surface area contributed by atoms with Crippen molar-refractivity contribution in [2.24, 2.45) is 5.73 Å². The summed E-state index contributed by atoms with van der Waals surface area (Å²) < 4.78 is 6.02. The molecule has 4 nitrogen and oxygen atoms in total. The van der Waals surface area contributed by atoms with Crippen LogP contribution in [0.5, 0.6) is 0 Å². The molecule has 0 rings (SSSR count). The summed E-state index contributed by atoms with van der Waals surface area (Å²) in [5.74, 6) is 0. The number of unbranched alkanes of at least 4 members (excludes halogenated alkanes) is 9. The quantitative estimate of drug-likeness (QED) is 0.334. The summed E-state index contributed by atoms with van der Waals surface area (Å²) in [7, 11) is 0. The van der Waals surface area contributed by atoms with Gasteiger partial charge in [0.25, 0.3) is 0 Å². The van der Waals surface area contributed by atoms with Crippen molar-refractivity contribution in [1.82, 2.24) is 0 Å². The average Bonchev–Trinajstić information content (AvgIpc) is 2.53. The van der Waals surface area contributed by atoms with E-state index in [1.165, 1.54) is 57.8 Å². The molecule has 0 radical (unpaired) electrons. The van der Waals surface area contributed by atoms with Crippen molar-refractivity contribution in [1.29, 1.82) is 0 Å². The summed E-state index contributed by atoms with van der Waals surface area (Å²) in [6, 6.07) is 0. The summed E-state index contributed by atoms with van der Waals surface area (Å²) in [6.45, 7) is 3.65. The zero-order valence-corrected chi connectivity index (χ0v) is 15.4. The lowest BCUT2D eigenvalue weighted by atomic mass is 9.92. The van der Waals surface area contributed by atoms with Crippen LogP contribution in [0.25, 0.3) is 0 Å². The molecular weight excluding hydrogens is 290 g/mol. The Kier molecular flexibility index (Phi) is 16.6. The molecule has 23 heavy (non-hydrogen) atoms. The Bertz CT molecular complexity index is 220. The number of rotatable bonds is 18. The van der Waals surface area contributed by atoms with E-state index >= 15 is 0 Å². The van der Waals surface area contributed by atoms with Crippen molar-refractivity contribution in [3.63, 3.8) is 0 Å². The third-order valence-corrected chi connectivity index (χ3v) is 4.64. The molecule has 0 aliphatic rings. The van der Waals surface area contributed by atoms with Crippen LogP contribution in [0.15, 0.2) is 0 Å². The van der Waals surface area contributed by atoms with Crippen LogP contribution in [0.4, 0.5) is 0 Å². The number of hydrogen-bond acceptors (Lipinski definition) is 4. The van der Waals surface area contributed by atoms with Crippen LogP contribution < -0.4 is 5.73 Å². The Balaban J connectivity index is 3.65. The highest BCUT2D eigenvalue weighted by molar-refractivity contribution is 4.81. The van der Waals surface area contributed by atoms with Gasteiger partial charge in [-0.15, -0.1) is 0 Å². The van der Waals surface area contributed by atoms with Gasteiger partial charge < -0.3 is 20.7 Å². The van der Waals surface area contributed by atoms with E-state index < -0.39 is 5.60 Å². The van der Waals surface area contributed by atoms with E-state index in [0.717, 1.165) is 6.42 Å². The molecule has 0 amide bonds. The maximum Gasteiger partial charge on any atom is 0.0738 e. The standard InChI is InChI=1S/C19H41NO3/c1-2-3-4-5-6-7-8-9-10-11-18-23-19(12-15-20,13-16-21)14-17-22/h21-22H,2-18,20H2,1H3. The van der Waals surface area contributed by atoms with E-state index in [-0.39, 0.29) is 13.2 Å². The van der Waals surface area contributed by atoms with Crippen molar-refractivity contribution >= 4 is 0 Å². The first kappa shape index (κ1) is 22.8. The van der Waals surface area contributed by atoms with E-state index in [0.29, 0.717) is 32.4 Å². The summed E-state index contributed by atoms with van der Waals surface area (Å²) >= 11 is 0. The van der Waals surface area contributed by atoms with Gasteiger partial charge in [-0.25, -0.2) is 0 Å². The van der Waals surface area contributed by atoms with Gasteiger partial charge in [0.2, 0.25) is 0 Å². The van der Waals surface area contributed by atoms with E-state index in [9.17, 15) is 10.2 Å². The molecule has 0 saturated heterocycles. The van der Waals surface area contributed by atoms with Crippen LogP contribution in [0, 0.1) is 0 Å². The number of aliphatic hydroxyl groups is 2. The fourth-order valence-electron chi connectivity index (χ4n) is 3.14. The molecule has 0 bridgehead atoms. The van der Waals surface area contributed by atoms with Crippen molar-refractivity contribution in [2.45, 2.75) is 96.0 Å². The molecule has 0 fully saturated rings. The number of aliphatic hydroxyl groups excluding tert-OH is 2. The third kappa shape index (κ3) is 12.9. The van der Waals surface area contributed by atoms with Crippen molar-refractivity contribution < 1.29 is 14.9 Å². The minimum absolute atomic E-state index is 0.0814. The van der Waals surface area contributed by atoms with Crippen LogP contribution in [0.2, 0.25) is 0 Å². The van der Waals surface area contributed by atoms with Gasteiger partial charge in [0.1, 0.15) is 0 Å². The monoisotopic (exact) mass is 331 g/mol. The maximum atomic E-state index is 9.23. The molecule has 4 heteroatoms. The Morgan fingerprint density at radius 1 is 0.739 bits per heavy atom. The number of hydrogen-bond donors (Lipinski definition) is 3. The molecule has 0 saturated carbocycles. The molecule has 0 unspecified atom stereocenters. The highest BCUT2D eigenvalue weighted by Crippen LogP contribution is 2.25. The topological polar surface area (TPSA) is 75.7 Å². The fraction of sp³-hybridized carbons (Fsp3) is 1.00. The van der Waals surface area contributed by atoms with Gasteiger partial charge in [-0.2, -0.15) is 0 Å². The number of nitrogens with two attached hydrogens (primary N) is 1. The average molecular weight is 332 g/mol. The molecule has 140 valence electrons. The molecule has 4 N–H and O–H groups in total. The molecule has 0 aliphatic heterocycles. The maximum absolute atomic E-state index is 9.23. The lowest BCUT2D eigenvalue weighted by Crippen LogP contribution is -2.37. The highest BCUT2D eigenvalue weighted by atomic mass is 16.5. The SMILES string of the molecule is CCCCCCCCCCCCOC(CCN)(CCO)CCO. The highest BCUT2D eigenvalue weighted by Gasteiger charge is 2.29. The zero-order valence-electron chi connectivity index (χ0n) is 15.4. The third-order valence-electron chi connectivity index (χ3n) is 4.64. The molecular formula is C19H41NO3. The predicted octanol–water partition coefficient (Wildman–Crippen LogP) is 3.78.